The minimum Gasteiger partial charge on any atom is -0.394 e. The van der Waals surface area contributed by atoms with Crippen LogP contribution in [0.2, 0.25) is 0 Å². The maximum absolute atomic E-state index is 13.4. The fourth-order valence-corrected chi connectivity index (χ4v) is 10.7. The quantitative estimate of drug-likeness (QED) is 0.0229. The van der Waals surface area contributed by atoms with E-state index in [2.05, 4.69) is 43.5 Å². The summed E-state index contributed by atoms with van der Waals surface area (Å²) in [6.45, 7) is 1.70. The maximum Gasteiger partial charge on any atom is 0.220 e. The van der Waals surface area contributed by atoms with Gasteiger partial charge in [0.25, 0.3) is 0 Å². The Morgan fingerprint density at radius 3 is 1.28 bits per heavy atom. The second-order valence-electron chi connectivity index (χ2n) is 22.9. The minimum absolute atomic E-state index is 0.239. The molecule has 17 atom stereocenters. The van der Waals surface area contributed by atoms with Crippen LogP contribution >= 0.6 is 0 Å². The van der Waals surface area contributed by atoms with Gasteiger partial charge in [0.15, 0.2) is 18.9 Å². The Kier molecular flexibility index (Phi) is 41.0. The fraction of sp³-hybridized carbons (Fsp3) is 0.887. The van der Waals surface area contributed by atoms with E-state index in [-0.39, 0.29) is 18.9 Å². The molecular weight excluding hydrogens is 1050 g/mol. The number of hydrogen-bond acceptors (Lipinski definition) is 18. The fourth-order valence-electron chi connectivity index (χ4n) is 10.7. The summed E-state index contributed by atoms with van der Waals surface area (Å²) in [5, 5.41) is 120. The first-order chi connectivity index (χ1) is 39.3. The van der Waals surface area contributed by atoms with Crippen molar-refractivity contribution in [3.8, 4) is 0 Å². The molecule has 81 heavy (non-hydrogen) atoms. The molecule has 0 spiro atoms. The molecule has 17 unspecified atom stereocenters. The average Bonchev–Trinajstić information content (AvgIpc) is 3.51. The average molecular weight is 1160 g/mol. The molecule has 3 saturated heterocycles. The molecule has 0 aromatic carbocycles. The highest BCUT2D eigenvalue weighted by molar-refractivity contribution is 5.76. The number of aliphatic hydroxyl groups is 11. The summed E-state index contributed by atoms with van der Waals surface area (Å²) in [5.74, 6) is -0.280. The van der Waals surface area contributed by atoms with E-state index >= 15 is 0 Å². The molecule has 19 heteroatoms. The number of nitrogens with one attached hydrogen (secondary N) is 1. The van der Waals surface area contributed by atoms with E-state index in [4.69, 9.17) is 28.4 Å². The lowest BCUT2D eigenvalue weighted by atomic mass is 9.96. The van der Waals surface area contributed by atoms with Gasteiger partial charge < -0.3 is 89.9 Å². The molecule has 0 aromatic rings. The highest BCUT2D eigenvalue weighted by Gasteiger charge is 2.53. The van der Waals surface area contributed by atoms with Gasteiger partial charge in [0.05, 0.1) is 38.6 Å². The molecule has 474 valence electrons. The Labute approximate surface area is 485 Å². The van der Waals surface area contributed by atoms with Gasteiger partial charge in [-0.05, 0) is 51.4 Å². The number of unbranched alkanes of at least 4 members (excludes halogenated alkanes) is 27. The number of carbonyl (C=O) groups is 1. The van der Waals surface area contributed by atoms with Crippen molar-refractivity contribution in [2.24, 2.45) is 0 Å². The van der Waals surface area contributed by atoms with Crippen molar-refractivity contribution in [2.45, 2.75) is 324 Å². The zero-order valence-electron chi connectivity index (χ0n) is 49.5. The third-order valence-electron chi connectivity index (χ3n) is 15.9. The normalized spacial score (nSPS) is 30.0. The molecule has 3 rings (SSSR count). The SMILES string of the molecule is CCCCC/C=C\C/C=C\CCCCCCCCCCCC(=O)NC(COC1OC(CO)C(OC2OC(CO)C(OC3OC(CO)C(O)C(O)C3O)C(O)C2O)C(O)C1O)C(O)/C=C/CCCCCCCCCCCCCCCCC. The van der Waals surface area contributed by atoms with Crippen LogP contribution in [0.15, 0.2) is 36.5 Å². The molecule has 0 aromatic heterocycles. The van der Waals surface area contributed by atoms with Crippen LogP contribution in [0.4, 0.5) is 0 Å². The summed E-state index contributed by atoms with van der Waals surface area (Å²) in [6.07, 6.45) is 22.5. The second-order valence-corrected chi connectivity index (χ2v) is 22.9. The van der Waals surface area contributed by atoms with Crippen LogP contribution in [0.25, 0.3) is 0 Å². The van der Waals surface area contributed by atoms with Crippen molar-refractivity contribution in [3.63, 3.8) is 0 Å². The van der Waals surface area contributed by atoms with Crippen LogP contribution in [0.5, 0.6) is 0 Å². The van der Waals surface area contributed by atoms with Gasteiger partial charge in [-0.25, -0.2) is 0 Å². The molecule has 0 radical (unpaired) electrons. The van der Waals surface area contributed by atoms with E-state index in [0.29, 0.717) is 6.42 Å². The van der Waals surface area contributed by atoms with Crippen LogP contribution in [0.3, 0.4) is 0 Å². The predicted octanol–water partition coefficient (Wildman–Crippen LogP) is 6.49. The summed E-state index contributed by atoms with van der Waals surface area (Å²) in [4.78, 5) is 13.4. The Bertz CT molecular complexity index is 1620. The standard InChI is InChI=1S/C62H113NO18/c1-3-5-7-9-11-13-15-17-19-21-22-24-26-28-30-32-34-36-38-40-50(68)63-45(46(67)39-37-35-33-31-29-27-25-23-20-18-16-14-12-10-8-6-4-2)44-76-60-56(74)53(71)58(48(42-65)78-60)81-62-57(75)54(72)59(49(43-66)79-62)80-61-55(73)52(70)51(69)47(41-64)77-61/h11,13,17,19,37,39,45-49,51-62,64-67,69-75H,3-10,12,14-16,18,20-36,38,40-44H2,1-2H3,(H,63,68)/b13-11-,19-17-,39-37+. The van der Waals surface area contributed by atoms with Gasteiger partial charge in [-0.2, -0.15) is 0 Å². The Morgan fingerprint density at radius 2 is 0.815 bits per heavy atom. The zero-order valence-corrected chi connectivity index (χ0v) is 49.5. The number of ether oxygens (including phenoxy) is 6. The molecule has 0 aliphatic carbocycles. The van der Waals surface area contributed by atoms with E-state index in [1.807, 2.05) is 6.08 Å². The van der Waals surface area contributed by atoms with Crippen molar-refractivity contribution in [1.82, 2.24) is 5.32 Å². The highest BCUT2D eigenvalue weighted by Crippen LogP contribution is 2.33. The Balaban J connectivity index is 1.49. The molecule has 3 aliphatic heterocycles. The summed E-state index contributed by atoms with van der Waals surface area (Å²) in [7, 11) is 0. The summed E-state index contributed by atoms with van der Waals surface area (Å²) >= 11 is 0. The largest absolute Gasteiger partial charge is 0.394 e. The van der Waals surface area contributed by atoms with Gasteiger partial charge in [0, 0.05) is 6.42 Å². The Hall–Kier alpha value is -1.99. The second kappa shape index (κ2) is 45.3. The summed E-state index contributed by atoms with van der Waals surface area (Å²) in [6, 6.07) is -0.974. The van der Waals surface area contributed by atoms with Crippen molar-refractivity contribution in [1.29, 1.82) is 0 Å². The predicted molar refractivity (Wildman–Crippen MR) is 309 cm³/mol. The third kappa shape index (κ3) is 28.8. The lowest BCUT2D eigenvalue weighted by Crippen LogP contribution is -2.66. The van der Waals surface area contributed by atoms with Crippen LogP contribution in [-0.4, -0.2) is 193 Å². The van der Waals surface area contributed by atoms with E-state index in [1.165, 1.54) is 128 Å². The van der Waals surface area contributed by atoms with E-state index in [1.54, 1.807) is 6.08 Å². The molecule has 0 saturated carbocycles. The molecule has 3 fully saturated rings. The number of carbonyl (C=O) groups excluding carboxylic acids is 1. The number of hydrogen-bond donors (Lipinski definition) is 12. The van der Waals surface area contributed by atoms with Gasteiger partial charge in [-0.15, -0.1) is 0 Å². The van der Waals surface area contributed by atoms with Gasteiger partial charge in [0.2, 0.25) is 5.91 Å². The number of aliphatic hydroxyl groups excluding tert-OH is 11. The van der Waals surface area contributed by atoms with Crippen LogP contribution in [-0.2, 0) is 33.2 Å². The summed E-state index contributed by atoms with van der Waals surface area (Å²) < 4.78 is 34.3. The Morgan fingerprint density at radius 1 is 0.444 bits per heavy atom. The van der Waals surface area contributed by atoms with E-state index < -0.39 is 124 Å². The first-order valence-electron chi connectivity index (χ1n) is 31.7. The molecule has 3 heterocycles. The monoisotopic (exact) mass is 1160 g/mol. The maximum atomic E-state index is 13.4. The van der Waals surface area contributed by atoms with E-state index in [0.717, 1.165) is 64.2 Å². The number of amides is 1. The van der Waals surface area contributed by atoms with Crippen molar-refractivity contribution >= 4 is 5.91 Å². The lowest BCUT2D eigenvalue weighted by Gasteiger charge is -2.48. The van der Waals surface area contributed by atoms with E-state index in [9.17, 15) is 61.0 Å². The smallest absolute Gasteiger partial charge is 0.220 e. The zero-order chi connectivity index (χ0) is 59.0. The van der Waals surface area contributed by atoms with Crippen LogP contribution < -0.4 is 5.32 Å². The van der Waals surface area contributed by atoms with Gasteiger partial charge in [-0.3, -0.25) is 4.79 Å². The minimum atomic E-state index is -1.98. The van der Waals surface area contributed by atoms with Crippen molar-refractivity contribution < 1.29 is 89.4 Å². The van der Waals surface area contributed by atoms with Crippen molar-refractivity contribution in [3.05, 3.63) is 36.5 Å². The number of rotatable bonds is 47. The van der Waals surface area contributed by atoms with Crippen LogP contribution in [0.1, 0.15) is 219 Å². The third-order valence-corrected chi connectivity index (χ3v) is 15.9. The first-order valence-corrected chi connectivity index (χ1v) is 31.7. The van der Waals surface area contributed by atoms with Crippen molar-refractivity contribution in [2.75, 3.05) is 26.4 Å². The first kappa shape index (κ1) is 73.3. The molecule has 1 amide bonds. The van der Waals surface area contributed by atoms with Gasteiger partial charge in [0.1, 0.15) is 73.2 Å². The summed E-state index contributed by atoms with van der Waals surface area (Å²) in [5.41, 5.74) is 0. The molecular formula is C62H113NO18. The molecule has 0 bridgehead atoms. The highest BCUT2D eigenvalue weighted by atomic mass is 16.8. The molecule has 19 nitrogen and oxygen atoms in total. The van der Waals surface area contributed by atoms with Crippen LogP contribution in [0, 0.1) is 0 Å². The van der Waals surface area contributed by atoms with Gasteiger partial charge in [-0.1, -0.05) is 198 Å². The topological polar surface area (TPSA) is 307 Å². The molecule has 3 aliphatic rings. The lowest BCUT2D eigenvalue weighted by molar-refractivity contribution is -0.379. The number of allylic oxidation sites excluding steroid dienone is 5. The van der Waals surface area contributed by atoms with Gasteiger partial charge >= 0.3 is 0 Å². The molecule has 12 N–H and O–H groups in total.